The summed E-state index contributed by atoms with van der Waals surface area (Å²) in [6.07, 6.45) is 6.90. The number of rotatable bonds is 8. The number of pyridine rings is 1. The summed E-state index contributed by atoms with van der Waals surface area (Å²) < 4.78 is 28.4. The predicted molar refractivity (Wildman–Crippen MR) is 79.3 cm³/mol. The van der Waals surface area contributed by atoms with E-state index in [9.17, 15) is 8.42 Å². The van der Waals surface area contributed by atoms with Crippen molar-refractivity contribution in [2.24, 2.45) is 0 Å². The first-order valence-corrected chi connectivity index (χ1v) is 8.16. The van der Waals surface area contributed by atoms with E-state index >= 15 is 0 Å². The average molecular weight is 309 g/mol. The van der Waals surface area contributed by atoms with Crippen LogP contribution in [0.2, 0.25) is 0 Å². The van der Waals surface area contributed by atoms with Gasteiger partial charge in [-0.3, -0.25) is 9.67 Å². The highest BCUT2D eigenvalue weighted by molar-refractivity contribution is 7.89. The molecule has 0 atom stereocenters. The summed E-state index contributed by atoms with van der Waals surface area (Å²) in [7, 11) is -1.67. The third-order valence-corrected chi connectivity index (χ3v) is 4.38. The van der Waals surface area contributed by atoms with Crippen LogP contribution in [0.1, 0.15) is 5.56 Å². The molecule has 2 heterocycles. The molecule has 0 amide bonds. The van der Waals surface area contributed by atoms with Crippen LogP contribution in [0.15, 0.2) is 41.8 Å². The number of hydrogen-bond donors (Lipinski definition) is 2. The number of sulfonamides is 1. The van der Waals surface area contributed by atoms with Gasteiger partial charge < -0.3 is 5.32 Å². The Labute approximate surface area is 124 Å². The van der Waals surface area contributed by atoms with E-state index in [-0.39, 0.29) is 4.90 Å². The van der Waals surface area contributed by atoms with Gasteiger partial charge in [-0.2, -0.15) is 5.10 Å². The van der Waals surface area contributed by atoms with E-state index in [0.717, 1.165) is 12.1 Å². The van der Waals surface area contributed by atoms with Crippen molar-refractivity contribution >= 4 is 10.0 Å². The molecule has 8 heteroatoms. The monoisotopic (exact) mass is 309 g/mol. The molecule has 0 bridgehead atoms. The topological polar surface area (TPSA) is 88.9 Å². The van der Waals surface area contributed by atoms with Crippen LogP contribution in [0, 0.1) is 0 Å². The minimum atomic E-state index is -3.50. The van der Waals surface area contributed by atoms with Gasteiger partial charge in [-0.1, -0.05) is 0 Å². The molecule has 0 unspecified atom stereocenters. The molecule has 0 radical (unpaired) electrons. The summed E-state index contributed by atoms with van der Waals surface area (Å²) in [5.41, 5.74) is 1.04. The maximum Gasteiger partial charge on any atom is 0.243 e. The highest BCUT2D eigenvalue weighted by Gasteiger charge is 2.15. The van der Waals surface area contributed by atoms with E-state index in [1.807, 2.05) is 19.2 Å². The Bertz CT molecular complexity index is 654. The van der Waals surface area contributed by atoms with E-state index in [2.05, 4.69) is 20.1 Å². The first-order chi connectivity index (χ1) is 10.1. The van der Waals surface area contributed by atoms with Crippen molar-refractivity contribution in [3.05, 3.63) is 42.5 Å². The summed E-state index contributed by atoms with van der Waals surface area (Å²) in [5, 5.41) is 7.02. The number of likely N-dealkylation sites (N-methyl/N-ethyl adjacent to an activating group) is 1. The van der Waals surface area contributed by atoms with Gasteiger partial charge in [0.25, 0.3) is 0 Å². The molecular weight excluding hydrogens is 290 g/mol. The first-order valence-electron chi connectivity index (χ1n) is 6.67. The summed E-state index contributed by atoms with van der Waals surface area (Å²) in [6, 6.07) is 3.73. The number of nitrogens with one attached hydrogen (secondary N) is 2. The standard InChI is InChI=1S/C13H19N5O2S/c1-14-8-9-18-11-13(10-16-18)21(19,20)17-7-4-12-2-5-15-6-3-12/h2-3,5-6,10-11,14,17H,4,7-9H2,1H3. The first kappa shape index (κ1) is 15.6. The van der Waals surface area contributed by atoms with E-state index in [1.54, 1.807) is 17.1 Å². The third kappa shape index (κ3) is 4.62. The van der Waals surface area contributed by atoms with Crippen LogP contribution in [0.25, 0.3) is 0 Å². The summed E-state index contributed by atoms with van der Waals surface area (Å²) in [5.74, 6) is 0. The smallest absolute Gasteiger partial charge is 0.243 e. The second kappa shape index (κ2) is 7.30. The van der Waals surface area contributed by atoms with Crippen LogP contribution in [0.4, 0.5) is 0 Å². The maximum atomic E-state index is 12.1. The van der Waals surface area contributed by atoms with E-state index in [0.29, 0.717) is 19.5 Å². The third-order valence-electron chi connectivity index (χ3n) is 2.97. The molecule has 114 valence electrons. The van der Waals surface area contributed by atoms with Crippen LogP contribution in [-0.2, 0) is 23.0 Å². The van der Waals surface area contributed by atoms with Crippen LogP contribution >= 0.6 is 0 Å². The molecule has 7 nitrogen and oxygen atoms in total. The van der Waals surface area contributed by atoms with Gasteiger partial charge in [0, 0.05) is 31.7 Å². The molecule has 2 aromatic rings. The SMILES string of the molecule is CNCCn1cc(S(=O)(=O)NCCc2ccncc2)cn1. The van der Waals surface area contributed by atoms with Crippen LogP contribution in [0.5, 0.6) is 0 Å². The Balaban J connectivity index is 1.90. The molecule has 0 aliphatic heterocycles. The van der Waals surface area contributed by atoms with Gasteiger partial charge in [0.15, 0.2) is 0 Å². The molecule has 0 spiro atoms. The molecule has 0 aliphatic carbocycles. The Morgan fingerprint density at radius 3 is 2.71 bits per heavy atom. The van der Waals surface area contributed by atoms with Crippen molar-refractivity contribution in [2.45, 2.75) is 17.9 Å². The second-order valence-corrected chi connectivity index (χ2v) is 6.31. The lowest BCUT2D eigenvalue weighted by atomic mass is 10.2. The number of nitrogens with zero attached hydrogens (tertiary/aromatic N) is 3. The average Bonchev–Trinajstić information content (AvgIpc) is 2.96. The molecule has 0 saturated carbocycles. The fourth-order valence-electron chi connectivity index (χ4n) is 1.79. The Morgan fingerprint density at radius 1 is 1.24 bits per heavy atom. The number of hydrogen-bond acceptors (Lipinski definition) is 5. The van der Waals surface area contributed by atoms with Crippen molar-refractivity contribution < 1.29 is 8.42 Å². The van der Waals surface area contributed by atoms with Crippen LogP contribution in [-0.4, -0.2) is 43.3 Å². The van der Waals surface area contributed by atoms with Crippen LogP contribution in [0.3, 0.4) is 0 Å². The molecule has 0 aliphatic rings. The van der Waals surface area contributed by atoms with Gasteiger partial charge in [0.05, 0.1) is 12.7 Å². The lowest BCUT2D eigenvalue weighted by molar-refractivity contribution is 0.576. The van der Waals surface area contributed by atoms with E-state index in [1.165, 1.54) is 12.4 Å². The molecule has 2 N–H and O–H groups in total. The Morgan fingerprint density at radius 2 is 2.00 bits per heavy atom. The van der Waals surface area contributed by atoms with Gasteiger partial charge >= 0.3 is 0 Å². The summed E-state index contributed by atoms with van der Waals surface area (Å²) >= 11 is 0. The fourth-order valence-corrected chi connectivity index (χ4v) is 2.78. The molecule has 2 rings (SSSR count). The maximum absolute atomic E-state index is 12.1. The Kier molecular flexibility index (Phi) is 5.43. The highest BCUT2D eigenvalue weighted by Crippen LogP contribution is 2.07. The molecular formula is C13H19N5O2S. The van der Waals surface area contributed by atoms with E-state index < -0.39 is 10.0 Å². The zero-order chi connectivity index (χ0) is 15.1. The normalized spacial score (nSPS) is 11.7. The molecule has 0 aromatic carbocycles. The van der Waals surface area contributed by atoms with Crippen molar-refractivity contribution in [1.82, 2.24) is 24.8 Å². The zero-order valence-corrected chi connectivity index (χ0v) is 12.7. The second-order valence-electron chi connectivity index (χ2n) is 4.55. The van der Waals surface area contributed by atoms with Crippen molar-refractivity contribution in [2.75, 3.05) is 20.1 Å². The lowest BCUT2D eigenvalue weighted by Gasteiger charge is -2.04. The van der Waals surface area contributed by atoms with E-state index in [4.69, 9.17) is 0 Å². The summed E-state index contributed by atoms with van der Waals surface area (Å²) in [6.45, 7) is 1.70. The van der Waals surface area contributed by atoms with Gasteiger partial charge in [-0.05, 0) is 31.2 Å². The number of aromatic nitrogens is 3. The minimum Gasteiger partial charge on any atom is -0.318 e. The fraction of sp³-hybridized carbons (Fsp3) is 0.385. The van der Waals surface area contributed by atoms with Crippen molar-refractivity contribution in [3.8, 4) is 0 Å². The quantitative estimate of drug-likeness (QED) is 0.717. The molecule has 2 aromatic heterocycles. The summed E-state index contributed by atoms with van der Waals surface area (Å²) in [4.78, 5) is 4.11. The minimum absolute atomic E-state index is 0.188. The van der Waals surface area contributed by atoms with Gasteiger partial charge in [0.1, 0.15) is 4.90 Å². The predicted octanol–water partition coefficient (Wildman–Crippen LogP) is 0.0185. The van der Waals surface area contributed by atoms with Crippen LogP contribution < -0.4 is 10.0 Å². The van der Waals surface area contributed by atoms with Crippen molar-refractivity contribution in [3.63, 3.8) is 0 Å². The zero-order valence-electron chi connectivity index (χ0n) is 11.9. The van der Waals surface area contributed by atoms with Gasteiger partial charge in [0.2, 0.25) is 10.0 Å². The molecule has 0 saturated heterocycles. The largest absolute Gasteiger partial charge is 0.318 e. The van der Waals surface area contributed by atoms with Gasteiger partial charge in [-0.15, -0.1) is 0 Å². The lowest BCUT2D eigenvalue weighted by Crippen LogP contribution is -2.25. The van der Waals surface area contributed by atoms with Crippen molar-refractivity contribution in [1.29, 1.82) is 0 Å². The molecule has 0 fully saturated rings. The van der Waals surface area contributed by atoms with Gasteiger partial charge in [-0.25, -0.2) is 13.1 Å². The Hall–Kier alpha value is -1.77. The molecule has 21 heavy (non-hydrogen) atoms. The highest BCUT2D eigenvalue weighted by atomic mass is 32.2.